The van der Waals surface area contributed by atoms with E-state index in [1.807, 2.05) is 11.4 Å². The van der Waals surface area contributed by atoms with Gasteiger partial charge in [0.15, 0.2) is 15.9 Å². The van der Waals surface area contributed by atoms with Gasteiger partial charge in [0.2, 0.25) is 0 Å². The molecule has 0 bridgehead atoms. The van der Waals surface area contributed by atoms with E-state index in [1.165, 1.54) is 22.7 Å². The molecule has 3 aromatic heterocycles. The van der Waals surface area contributed by atoms with Crippen molar-refractivity contribution in [3.63, 3.8) is 0 Å². The Hall–Kier alpha value is -2.07. The number of nitrogens with zero attached hydrogens (tertiary/aromatic N) is 3. The molecule has 4 heterocycles. The van der Waals surface area contributed by atoms with E-state index in [9.17, 15) is 4.79 Å². The first-order valence-corrected chi connectivity index (χ1v) is 10.5. The predicted molar refractivity (Wildman–Crippen MR) is 105 cm³/mol. The summed E-state index contributed by atoms with van der Waals surface area (Å²) < 4.78 is 11.1. The SMILES string of the molecule is C[C@H]1CN(Cc2csc(NC(=O)c3csc(-c4ccco4)n3)n2)C[C@H](C)O1. The monoisotopic (exact) mass is 404 g/mol. The molecule has 1 amide bonds. The molecule has 142 valence electrons. The number of ether oxygens (including phenoxy) is 1. The third kappa shape index (κ3) is 4.44. The molecule has 1 fully saturated rings. The van der Waals surface area contributed by atoms with Crippen molar-refractivity contribution in [3.8, 4) is 10.8 Å². The second-order valence-electron chi connectivity index (χ2n) is 6.56. The van der Waals surface area contributed by atoms with Gasteiger partial charge < -0.3 is 9.15 Å². The number of amides is 1. The van der Waals surface area contributed by atoms with Crippen LogP contribution in [0.1, 0.15) is 30.0 Å². The quantitative estimate of drug-likeness (QED) is 0.698. The van der Waals surface area contributed by atoms with Crippen molar-refractivity contribution in [2.45, 2.75) is 32.6 Å². The van der Waals surface area contributed by atoms with Gasteiger partial charge in [0.1, 0.15) is 5.69 Å². The number of hydrogen-bond donors (Lipinski definition) is 1. The van der Waals surface area contributed by atoms with Crippen molar-refractivity contribution >= 4 is 33.7 Å². The van der Waals surface area contributed by atoms with Crippen LogP contribution in [0.15, 0.2) is 33.6 Å². The molecule has 0 saturated carbocycles. The first kappa shape index (κ1) is 18.3. The molecule has 7 nitrogen and oxygen atoms in total. The fourth-order valence-electron chi connectivity index (χ4n) is 3.13. The lowest BCUT2D eigenvalue weighted by molar-refractivity contribution is -0.0707. The third-order valence-electron chi connectivity index (χ3n) is 4.12. The Morgan fingerprint density at radius 2 is 2.07 bits per heavy atom. The fraction of sp³-hybridized carbons (Fsp3) is 0.389. The molecule has 4 rings (SSSR count). The Bertz CT molecular complexity index is 896. The largest absolute Gasteiger partial charge is 0.462 e. The van der Waals surface area contributed by atoms with Gasteiger partial charge in [-0.1, -0.05) is 0 Å². The smallest absolute Gasteiger partial charge is 0.276 e. The Labute approximate surface area is 165 Å². The zero-order valence-electron chi connectivity index (χ0n) is 15.0. The Morgan fingerprint density at radius 1 is 1.26 bits per heavy atom. The van der Waals surface area contributed by atoms with Crippen LogP contribution in [-0.4, -0.2) is 46.1 Å². The van der Waals surface area contributed by atoms with E-state index in [-0.39, 0.29) is 18.1 Å². The number of rotatable bonds is 5. The van der Waals surface area contributed by atoms with Crippen LogP contribution in [-0.2, 0) is 11.3 Å². The van der Waals surface area contributed by atoms with E-state index in [2.05, 4.69) is 34.0 Å². The van der Waals surface area contributed by atoms with Crippen molar-refractivity contribution in [3.05, 3.63) is 40.5 Å². The molecule has 1 N–H and O–H groups in total. The number of hydrogen-bond acceptors (Lipinski definition) is 8. The van der Waals surface area contributed by atoms with Crippen LogP contribution in [0.3, 0.4) is 0 Å². The van der Waals surface area contributed by atoms with E-state index < -0.39 is 0 Å². The van der Waals surface area contributed by atoms with Gasteiger partial charge in [-0.15, -0.1) is 22.7 Å². The number of anilines is 1. The summed E-state index contributed by atoms with van der Waals surface area (Å²) >= 11 is 2.80. The molecule has 0 radical (unpaired) electrons. The molecule has 1 aliphatic rings. The first-order chi connectivity index (χ1) is 13.1. The molecule has 1 aliphatic heterocycles. The molecule has 3 aromatic rings. The number of carbonyl (C=O) groups is 1. The van der Waals surface area contributed by atoms with E-state index in [0.717, 1.165) is 25.3 Å². The van der Waals surface area contributed by atoms with Crippen molar-refractivity contribution in [1.82, 2.24) is 14.9 Å². The number of thiazole rings is 2. The Kier molecular flexibility index (Phi) is 5.35. The molecule has 2 atom stereocenters. The maximum absolute atomic E-state index is 12.4. The van der Waals surface area contributed by atoms with Crippen LogP contribution in [0.5, 0.6) is 0 Å². The molecule has 0 aromatic carbocycles. The van der Waals surface area contributed by atoms with Crippen LogP contribution in [0.25, 0.3) is 10.8 Å². The minimum Gasteiger partial charge on any atom is -0.462 e. The van der Waals surface area contributed by atoms with Crippen molar-refractivity contribution in [1.29, 1.82) is 0 Å². The van der Waals surface area contributed by atoms with Crippen molar-refractivity contribution in [2.24, 2.45) is 0 Å². The van der Waals surface area contributed by atoms with Crippen LogP contribution < -0.4 is 5.32 Å². The molecule has 9 heteroatoms. The van der Waals surface area contributed by atoms with Gasteiger partial charge in [0.05, 0.1) is 24.2 Å². The maximum Gasteiger partial charge on any atom is 0.276 e. The minimum atomic E-state index is -0.265. The van der Waals surface area contributed by atoms with Gasteiger partial charge in [-0.25, -0.2) is 9.97 Å². The lowest BCUT2D eigenvalue weighted by Crippen LogP contribution is -2.44. The van der Waals surface area contributed by atoms with Crippen LogP contribution in [0.4, 0.5) is 5.13 Å². The molecular formula is C18H20N4O3S2. The van der Waals surface area contributed by atoms with Crippen LogP contribution >= 0.6 is 22.7 Å². The van der Waals surface area contributed by atoms with Gasteiger partial charge in [-0.2, -0.15) is 0 Å². The minimum absolute atomic E-state index is 0.222. The lowest BCUT2D eigenvalue weighted by atomic mass is 10.2. The molecule has 0 spiro atoms. The molecule has 1 saturated heterocycles. The summed E-state index contributed by atoms with van der Waals surface area (Å²) in [5.74, 6) is 0.392. The second kappa shape index (κ2) is 7.89. The summed E-state index contributed by atoms with van der Waals surface area (Å²) in [6, 6.07) is 3.62. The summed E-state index contributed by atoms with van der Waals surface area (Å²) in [6.45, 7) is 6.69. The highest BCUT2D eigenvalue weighted by Gasteiger charge is 2.23. The topological polar surface area (TPSA) is 80.5 Å². The zero-order chi connectivity index (χ0) is 18.8. The zero-order valence-corrected chi connectivity index (χ0v) is 16.7. The van der Waals surface area contributed by atoms with Gasteiger partial charge in [0, 0.05) is 30.4 Å². The van der Waals surface area contributed by atoms with E-state index in [4.69, 9.17) is 9.15 Å². The van der Waals surface area contributed by atoms with Crippen LogP contribution in [0.2, 0.25) is 0 Å². The summed E-state index contributed by atoms with van der Waals surface area (Å²) in [4.78, 5) is 23.6. The predicted octanol–water partition coefficient (Wildman–Crippen LogP) is 3.72. The van der Waals surface area contributed by atoms with Crippen molar-refractivity contribution < 1.29 is 13.9 Å². The highest BCUT2D eigenvalue weighted by atomic mass is 32.1. The number of aromatic nitrogens is 2. The third-order valence-corrected chi connectivity index (χ3v) is 5.79. The van der Waals surface area contributed by atoms with Gasteiger partial charge in [0.25, 0.3) is 5.91 Å². The summed E-state index contributed by atoms with van der Waals surface area (Å²) in [6.07, 6.45) is 2.03. The molecule has 27 heavy (non-hydrogen) atoms. The van der Waals surface area contributed by atoms with Gasteiger partial charge >= 0.3 is 0 Å². The Balaban J connectivity index is 1.37. The van der Waals surface area contributed by atoms with Crippen LogP contribution in [0, 0.1) is 0 Å². The number of morpholine rings is 1. The fourth-order valence-corrected chi connectivity index (χ4v) is 4.60. The standard InChI is InChI=1S/C18H20N4O3S2/c1-11-6-22(7-12(2)25-11)8-13-9-27-18(19-13)21-16(23)14-10-26-17(20-14)15-4-3-5-24-15/h3-5,9-12H,6-8H2,1-2H3,(H,19,21,23)/t11-,12-/m0/s1. The first-order valence-electron chi connectivity index (χ1n) is 8.70. The number of nitrogens with one attached hydrogen (secondary N) is 1. The lowest BCUT2D eigenvalue weighted by Gasteiger charge is -2.34. The normalized spacial score (nSPS) is 20.7. The molecular weight excluding hydrogens is 384 g/mol. The summed E-state index contributed by atoms with van der Waals surface area (Å²) in [5.41, 5.74) is 1.31. The summed E-state index contributed by atoms with van der Waals surface area (Å²) in [5, 5.41) is 7.79. The van der Waals surface area contributed by atoms with E-state index in [0.29, 0.717) is 21.6 Å². The highest BCUT2D eigenvalue weighted by molar-refractivity contribution is 7.14. The maximum atomic E-state index is 12.4. The number of carbonyl (C=O) groups excluding carboxylic acids is 1. The average Bonchev–Trinajstić information content (AvgIpc) is 3.35. The van der Waals surface area contributed by atoms with Gasteiger partial charge in [-0.3, -0.25) is 15.0 Å². The average molecular weight is 405 g/mol. The Morgan fingerprint density at radius 3 is 2.81 bits per heavy atom. The van der Waals surface area contributed by atoms with Gasteiger partial charge in [-0.05, 0) is 26.0 Å². The number of furan rings is 1. The van der Waals surface area contributed by atoms with Crippen molar-refractivity contribution in [2.75, 3.05) is 18.4 Å². The molecule has 0 aliphatic carbocycles. The van der Waals surface area contributed by atoms with E-state index in [1.54, 1.807) is 17.7 Å². The van der Waals surface area contributed by atoms with E-state index >= 15 is 0 Å². The second-order valence-corrected chi connectivity index (χ2v) is 8.28. The summed E-state index contributed by atoms with van der Waals surface area (Å²) in [7, 11) is 0. The highest BCUT2D eigenvalue weighted by Crippen LogP contribution is 2.25. The molecule has 0 unspecified atom stereocenters.